The minimum absolute atomic E-state index is 0.0223. The number of rotatable bonds is 6. The molecule has 1 atom stereocenters. The molecule has 7 nitrogen and oxygen atoms in total. The van der Waals surface area contributed by atoms with Crippen LogP contribution in [0, 0.1) is 0 Å². The standard InChI is InChI=1S/C22H24ClN5O2/c1-16(21-25-26-22(30-21)17-7-3-2-4-8-17)28-13-11-27(12-14-28)15-20(29)24-19-10-6-5-9-18(19)23/h2-10,16H,11-15H2,1H3,(H,24,29). The van der Waals surface area contributed by atoms with E-state index in [1.807, 2.05) is 42.5 Å². The second kappa shape index (κ2) is 9.38. The topological polar surface area (TPSA) is 74.5 Å². The van der Waals surface area contributed by atoms with Crippen molar-refractivity contribution < 1.29 is 9.21 Å². The number of halogens is 1. The number of carbonyl (C=O) groups is 1. The summed E-state index contributed by atoms with van der Waals surface area (Å²) in [6.07, 6.45) is 0. The fraction of sp³-hybridized carbons (Fsp3) is 0.318. The Kier molecular flexibility index (Phi) is 6.42. The van der Waals surface area contributed by atoms with Crippen molar-refractivity contribution in [3.63, 3.8) is 0 Å². The zero-order chi connectivity index (χ0) is 20.9. The quantitative estimate of drug-likeness (QED) is 0.649. The van der Waals surface area contributed by atoms with Crippen molar-refractivity contribution in [2.45, 2.75) is 13.0 Å². The van der Waals surface area contributed by atoms with E-state index in [9.17, 15) is 4.79 Å². The largest absolute Gasteiger partial charge is 0.419 e. The SMILES string of the molecule is CC(c1nnc(-c2ccccc2)o1)N1CCN(CC(=O)Nc2ccccc2Cl)CC1. The van der Waals surface area contributed by atoms with Crippen LogP contribution in [0.4, 0.5) is 5.69 Å². The van der Waals surface area contributed by atoms with Crippen molar-refractivity contribution in [3.05, 3.63) is 65.5 Å². The molecule has 1 aliphatic heterocycles. The zero-order valence-electron chi connectivity index (χ0n) is 16.8. The predicted octanol–water partition coefficient (Wildman–Crippen LogP) is 3.71. The first-order valence-electron chi connectivity index (χ1n) is 10.00. The van der Waals surface area contributed by atoms with Crippen molar-refractivity contribution >= 4 is 23.2 Å². The summed E-state index contributed by atoms with van der Waals surface area (Å²) in [4.78, 5) is 16.8. The first kappa shape index (κ1) is 20.5. The van der Waals surface area contributed by atoms with Gasteiger partial charge in [-0.2, -0.15) is 0 Å². The van der Waals surface area contributed by atoms with Gasteiger partial charge in [-0.15, -0.1) is 10.2 Å². The third kappa shape index (κ3) is 4.87. The Morgan fingerprint density at radius 3 is 2.50 bits per heavy atom. The van der Waals surface area contributed by atoms with Crippen molar-refractivity contribution in [2.24, 2.45) is 0 Å². The molecule has 2 heterocycles. The molecule has 156 valence electrons. The third-order valence-corrected chi connectivity index (χ3v) is 5.62. The number of para-hydroxylation sites is 1. The zero-order valence-corrected chi connectivity index (χ0v) is 17.5. The lowest BCUT2D eigenvalue weighted by atomic mass is 10.2. The van der Waals surface area contributed by atoms with Gasteiger partial charge >= 0.3 is 0 Å². The summed E-state index contributed by atoms with van der Waals surface area (Å²) < 4.78 is 5.90. The van der Waals surface area contributed by atoms with E-state index in [4.69, 9.17) is 16.0 Å². The molecule has 1 aromatic heterocycles. The molecule has 1 fully saturated rings. The summed E-state index contributed by atoms with van der Waals surface area (Å²) in [6, 6.07) is 17.0. The van der Waals surface area contributed by atoms with E-state index in [-0.39, 0.29) is 11.9 Å². The number of nitrogens with zero attached hydrogens (tertiary/aromatic N) is 4. The van der Waals surface area contributed by atoms with Crippen molar-refractivity contribution in [2.75, 3.05) is 38.0 Å². The number of hydrogen-bond acceptors (Lipinski definition) is 6. The Balaban J connectivity index is 1.28. The van der Waals surface area contributed by atoms with Crippen molar-refractivity contribution in [1.82, 2.24) is 20.0 Å². The summed E-state index contributed by atoms with van der Waals surface area (Å²) in [7, 11) is 0. The number of nitrogens with one attached hydrogen (secondary N) is 1. The average Bonchev–Trinajstić information content (AvgIpc) is 3.26. The summed E-state index contributed by atoms with van der Waals surface area (Å²) in [5.41, 5.74) is 1.56. The molecular formula is C22H24ClN5O2. The van der Waals surface area contributed by atoms with E-state index in [0.717, 1.165) is 31.7 Å². The molecular weight excluding hydrogens is 402 g/mol. The van der Waals surface area contributed by atoms with E-state index in [0.29, 0.717) is 29.0 Å². The van der Waals surface area contributed by atoms with Crippen LogP contribution in [-0.4, -0.2) is 58.6 Å². The van der Waals surface area contributed by atoms with E-state index in [2.05, 4.69) is 32.2 Å². The number of aromatic nitrogens is 2. The van der Waals surface area contributed by atoms with Crippen LogP contribution in [0.5, 0.6) is 0 Å². The first-order chi connectivity index (χ1) is 14.6. The fourth-order valence-electron chi connectivity index (χ4n) is 3.52. The third-order valence-electron chi connectivity index (χ3n) is 5.29. The van der Waals surface area contributed by atoms with Gasteiger partial charge in [0.1, 0.15) is 0 Å². The highest BCUT2D eigenvalue weighted by Crippen LogP contribution is 2.25. The number of piperazine rings is 1. The van der Waals surface area contributed by atoms with Gasteiger partial charge in [0, 0.05) is 31.7 Å². The maximum Gasteiger partial charge on any atom is 0.247 e. The molecule has 0 aliphatic carbocycles. The van der Waals surface area contributed by atoms with Gasteiger partial charge in [-0.3, -0.25) is 14.6 Å². The van der Waals surface area contributed by atoms with Crippen LogP contribution >= 0.6 is 11.6 Å². The second-order valence-electron chi connectivity index (χ2n) is 7.33. The number of benzene rings is 2. The molecule has 3 aromatic rings. The Morgan fingerprint density at radius 2 is 1.77 bits per heavy atom. The maximum absolute atomic E-state index is 12.3. The van der Waals surface area contributed by atoms with Crippen LogP contribution in [0.1, 0.15) is 18.9 Å². The maximum atomic E-state index is 12.3. The molecule has 0 saturated carbocycles. The number of amides is 1. The lowest BCUT2D eigenvalue weighted by molar-refractivity contribution is -0.117. The van der Waals surface area contributed by atoms with E-state index >= 15 is 0 Å². The molecule has 0 radical (unpaired) electrons. The monoisotopic (exact) mass is 425 g/mol. The predicted molar refractivity (Wildman–Crippen MR) is 116 cm³/mol. The van der Waals surface area contributed by atoms with Gasteiger partial charge in [0.15, 0.2) is 0 Å². The summed E-state index contributed by atoms with van der Waals surface area (Å²) >= 11 is 6.11. The second-order valence-corrected chi connectivity index (χ2v) is 7.73. The molecule has 4 rings (SSSR count). The van der Waals surface area contributed by atoms with Gasteiger partial charge in [0.05, 0.1) is 23.3 Å². The molecule has 1 saturated heterocycles. The van der Waals surface area contributed by atoms with Crippen LogP contribution in [0.3, 0.4) is 0 Å². The highest BCUT2D eigenvalue weighted by Gasteiger charge is 2.26. The molecule has 30 heavy (non-hydrogen) atoms. The minimum atomic E-state index is -0.0611. The Morgan fingerprint density at radius 1 is 1.07 bits per heavy atom. The first-order valence-corrected chi connectivity index (χ1v) is 10.4. The summed E-state index contributed by atoms with van der Waals surface area (Å²) in [6.45, 7) is 5.64. The van der Waals surface area contributed by atoms with Gasteiger partial charge in [0.25, 0.3) is 0 Å². The van der Waals surface area contributed by atoms with Crippen LogP contribution in [-0.2, 0) is 4.79 Å². The molecule has 0 bridgehead atoms. The van der Waals surface area contributed by atoms with Crippen LogP contribution in [0.15, 0.2) is 59.0 Å². The minimum Gasteiger partial charge on any atom is -0.419 e. The molecule has 1 N–H and O–H groups in total. The summed E-state index contributed by atoms with van der Waals surface area (Å²) in [5.74, 6) is 1.08. The van der Waals surface area contributed by atoms with E-state index < -0.39 is 0 Å². The molecule has 1 amide bonds. The van der Waals surface area contributed by atoms with Gasteiger partial charge in [-0.05, 0) is 31.2 Å². The number of anilines is 1. The lowest BCUT2D eigenvalue weighted by Crippen LogP contribution is -2.49. The van der Waals surface area contributed by atoms with Gasteiger partial charge in [0.2, 0.25) is 17.7 Å². The molecule has 8 heteroatoms. The van der Waals surface area contributed by atoms with Crippen LogP contribution < -0.4 is 5.32 Å². The average molecular weight is 426 g/mol. The lowest BCUT2D eigenvalue weighted by Gasteiger charge is -2.36. The van der Waals surface area contributed by atoms with Crippen LogP contribution in [0.2, 0.25) is 5.02 Å². The highest BCUT2D eigenvalue weighted by molar-refractivity contribution is 6.33. The molecule has 0 spiro atoms. The Bertz CT molecular complexity index is 986. The smallest absolute Gasteiger partial charge is 0.247 e. The van der Waals surface area contributed by atoms with Crippen LogP contribution in [0.25, 0.3) is 11.5 Å². The van der Waals surface area contributed by atoms with E-state index in [1.54, 1.807) is 12.1 Å². The fourth-order valence-corrected chi connectivity index (χ4v) is 3.70. The number of hydrogen-bond donors (Lipinski definition) is 1. The molecule has 2 aromatic carbocycles. The van der Waals surface area contributed by atoms with Crippen molar-refractivity contribution in [3.8, 4) is 11.5 Å². The Hall–Kier alpha value is -2.74. The van der Waals surface area contributed by atoms with Crippen molar-refractivity contribution in [1.29, 1.82) is 0 Å². The highest BCUT2D eigenvalue weighted by atomic mass is 35.5. The Labute approximate surface area is 180 Å². The normalized spacial score (nSPS) is 16.3. The van der Waals surface area contributed by atoms with Gasteiger partial charge in [-0.1, -0.05) is 41.9 Å². The molecule has 1 unspecified atom stereocenters. The van der Waals surface area contributed by atoms with Gasteiger partial charge < -0.3 is 9.73 Å². The van der Waals surface area contributed by atoms with E-state index in [1.165, 1.54) is 0 Å². The number of carbonyl (C=O) groups excluding carboxylic acids is 1. The molecule has 1 aliphatic rings. The summed E-state index contributed by atoms with van der Waals surface area (Å²) in [5, 5.41) is 11.8. The van der Waals surface area contributed by atoms with Gasteiger partial charge in [-0.25, -0.2) is 0 Å².